The Hall–Kier alpha value is -0.930. The van der Waals surface area contributed by atoms with E-state index in [9.17, 15) is 4.39 Å². The van der Waals surface area contributed by atoms with Gasteiger partial charge in [0.05, 0.1) is 0 Å². The summed E-state index contributed by atoms with van der Waals surface area (Å²) in [5.41, 5.74) is 1.75. The van der Waals surface area contributed by atoms with Crippen molar-refractivity contribution in [3.8, 4) is 0 Å². The second-order valence-electron chi connectivity index (χ2n) is 6.46. The fourth-order valence-corrected chi connectivity index (χ4v) is 3.27. The lowest BCUT2D eigenvalue weighted by molar-refractivity contribution is 0.165. The van der Waals surface area contributed by atoms with Crippen molar-refractivity contribution in [1.82, 2.24) is 10.2 Å². The maximum Gasteiger partial charge on any atom is 0.126 e. The molecule has 1 fully saturated rings. The summed E-state index contributed by atoms with van der Waals surface area (Å²) in [7, 11) is 0. The first-order chi connectivity index (χ1) is 10.0. The van der Waals surface area contributed by atoms with Gasteiger partial charge in [-0.25, -0.2) is 4.39 Å². The first-order valence-corrected chi connectivity index (χ1v) is 8.25. The van der Waals surface area contributed by atoms with Gasteiger partial charge in [-0.1, -0.05) is 19.1 Å². The zero-order valence-corrected chi connectivity index (χ0v) is 13.8. The van der Waals surface area contributed by atoms with Crippen LogP contribution < -0.4 is 5.32 Å². The first-order valence-electron chi connectivity index (χ1n) is 8.25. The lowest BCUT2D eigenvalue weighted by Gasteiger charge is -2.35. The van der Waals surface area contributed by atoms with E-state index >= 15 is 0 Å². The van der Waals surface area contributed by atoms with Gasteiger partial charge in [-0.2, -0.15) is 0 Å². The fraction of sp³-hybridized carbons (Fsp3) is 0.667. The zero-order chi connectivity index (χ0) is 15.4. The minimum atomic E-state index is -0.106. The third-order valence-corrected chi connectivity index (χ3v) is 5.00. The molecule has 1 saturated heterocycles. The highest BCUT2D eigenvalue weighted by atomic mass is 19.1. The highest BCUT2D eigenvalue weighted by Crippen LogP contribution is 2.23. The molecule has 1 aliphatic rings. The summed E-state index contributed by atoms with van der Waals surface area (Å²) in [4.78, 5) is 2.52. The lowest BCUT2D eigenvalue weighted by Crippen LogP contribution is -2.42. The highest BCUT2D eigenvalue weighted by molar-refractivity contribution is 5.25. The maximum absolute atomic E-state index is 13.7. The van der Waals surface area contributed by atoms with Gasteiger partial charge < -0.3 is 10.2 Å². The van der Waals surface area contributed by atoms with Crippen molar-refractivity contribution in [2.24, 2.45) is 5.92 Å². The molecule has 1 aromatic carbocycles. The first kappa shape index (κ1) is 16.4. The monoisotopic (exact) mass is 292 g/mol. The average Bonchev–Trinajstić information content (AvgIpc) is 2.50. The van der Waals surface area contributed by atoms with Gasteiger partial charge in [-0.05, 0) is 76.4 Å². The zero-order valence-electron chi connectivity index (χ0n) is 13.8. The van der Waals surface area contributed by atoms with E-state index in [-0.39, 0.29) is 11.9 Å². The molecule has 2 rings (SSSR count). The Morgan fingerprint density at radius 2 is 1.95 bits per heavy atom. The summed E-state index contributed by atoms with van der Waals surface area (Å²) >= 11 is 0. The van der Waals surface area contributed by atoms with Crippen LogP contribution in [0.2, 0.25) is 0 Å². The fourth-order valence-electron chi connectivity index (χ4n) is 3.27. The van der Waals surface area contributed by atoms with Gasteiger partial charge >= 0.3 is 0 Å². The van der Waals surface area contributed by atoms with Crippen molar-refractivity contribution in [2.45, 2.75) is 52.6 Å². The number of hydrogen-bond acceptors (Lipinski definition) is 2. The Labute approximate surface area is 128 Å². The number of benzene rings is 1. The van der Waals surface area contributed by atoms with E-state index in [0.29, 0.717) is 11.6 Å². The SMILES string of the molecule is CCN1CCC(C(C)NC(C)c2ccc(C)c(F)c2)CC1. The molecule has 118 valence electrons. The molecule has 0 radical (unpaired) electrons. The van der Waals surface area contributed by atoms with Crippen LogP contribution in [0.15, 0.2) is 18.2 Å². The van der Waals surface area contributed by atoms with Crippen LogP contribution in [0, 0.1) is 18.7 Å². The summed E-state index contributed by atoms with van der Waals surface area (Å²) < 4.78 is 13.7. The van der Waals surface area contributed by atoms with E-state index in [2.05, 4.69) is 31.0 Å². The van der Waals surface area contributed by atoms with Crippen LogP contribution in [0.4, 0.5) is 4.39 Å². The lowest BCUT2D eigenvalue weighted by atomic mass is 9.89. The molecule has 1 aliphatic heterocycles. The Bertz CT molecular complexity index is 453. The number of halogens is 1. The Morgan fingerprint density at radius 1 is 1.29 bits per heavy atom. The van der Waals surface area contributed by atoms with E-state index in [0.717, 1.165) is 18.0 Å². The number of nitrogens with one attached hydrogen (secondary N) is 1. The number of likely N-dealkylation sites (tertiary alicyclic amines) is 1. The Balaban J connectivity index is 1.89. The second kappa shape index (κ2) is 7.37. The largest absolute Gasteiger partial charge is 0.307 e. The number of piperidine rings is 1. The van der Waals surface area contributed by atoms with Gasteiger partial charge in [0.25, 0.3) is 0 Å². The van der Waals surface area contributed by atoms with Gasteiger partial charge in [-0.3, -0.25) is 0 Å². The molecular formula is C18H29FN2. The van der Waals surface area contributed by atoms with Crippen LogP contribution in [0.25, 0.3) is 0 Å². The second-order valence-corrected chi connectivity index (χ2v) is 6.46. The summed E-state index contributed by atoms with van der Waals surface area (Å²) in [6, 6.07) is 6.23. The van der Waals surface area contributed by atoms with Crippen molar-refractivity contribution >= 4 is 0 Å². The van der Waals surface area contributed by atoms with Crippen molar-refractivity contribution in [2.75, 3.05) is 19.6 Å². The Kier molecular flexibility index (Phi) is 5.77. The van der Waals surface area contributed by atoms with Crippen LogP contribution >= 0.6 is 0 Å². The third kappa shape index (κ3) is 4.27. The maximum atomic E-state index is 13.7. The summed E-state index contributed by atoms with van der Waals surface area (Å²) in [6.07, 6.45) is 2.52. The van der Waals surface area contributed by atoms with E-state index < -0.39 is 0 Å². The van der Waals surface area contributed by atoms with Gasteiger partial charge in [0.1, 0.15) is 5.82 Å². The van der Waals surface area contributed by atoms with Crippen LogP contribution in [0.1, 0.15) is 50.8 Å². The highest BCUT2D eigenvalue weighted by Gasteiger charge is 2.24. The molecule has 0 aliphatic carbocycles. The predicted molar refractivity (Wildman–Crippen MR) is 87.0 cm³/mol. The molecule has 0 bridgehead atoms. The molecule has 3 heteroatoms. The summed E-state index contributed by atoms with van der Waals surface area (Å²) in [5, 5.41) is 3.66. The standard InChI is InChI=1S/C18H29FN2/c1-5-21-10-8-16(9-11-21)14(3)20-15(4)17-7-6-13(2)18(19)12-17/h6-7,12,14-16,20H,5,8-11H2,1-4H3. The molecule has 0 saturated carbocycles. The van der Waals surface area contributed by atoms with Crippen molar-refractivity contribution in [1.29, 1.82) is 0 Å². The van der Waals surface area contributed by atoms with Crippen molar-refractivity contribution < 1.29 is 4.39 Å². The van der Waals surface area contributed by atoms with E-state index in [4.69, 9.17) is 0 Å². The van der Waals surface area contributed by atoms with Crippen LogP contribution in [0.3, 0.4) is 0 Å². The van der Waals surface area contributed by atoms with Gasteiger partial charge in [0.15, 0.2) is 0 Å². The molecule has 2 atom stereocenters. The van der Waals surface area contributed by atoms with Gasteiger partial charge in [0.2, 0.25) is 0 Å². The molecule has 2 nitrogen and oxygen atoms in total. The normalized spacial score (nSPS) is 20.4. The molecule has 2 unspecified atom stereocenters. The van der Waals surface area contributed by atoms with E-state index in [1.54, 1.807) is 13.0 Å². The molecule has 0 spiro atoms. The van der Waals surface area contributed by atoms with E-state index in [1.807, 2.05) is 12.1 Å². The smallest absolute Gasteiger partial charge is 0.126 e. The average molecular weight is 292 g/mol. The number of nitrogens with zero attached hydrogens (tertiary/aromatic N) is 1. The summed E-state index contributed by atoms with van der Waals surface area (Å²) in [6.45, 7) is 12.0. The van der Waals surface area contributed by atoms with Crippen LogP contribution in [0.5, 0.6) is 0 Å². The van der Waals surface area contributed by atoms with Gasteiger partial charge in [0, 0.05) is 12.1 Å². The summed E-state index contributed by atoms with van der Waals surface area (Å²) in [5.74, 6) is 0.621. The van der Waals surface area contributed by atoms with Crippen LogP contribution in [-0.2, 0) is 0 Å². The van der Waals surface area contributed by atoms with Gasteiger partial charge in [-0.15, -0.1) is 0 Å². The topological polar surface area (TPSA) is 15.3 Å². The third-order valence-electron chi connectivity index (χ3n) is 5.00. The molecule has 1 aromatic rings. The number of aryl methyl sites for hydroxylation is 1. The minimum absolute atomic E-state index is 0.106. The van der Waals surface area contributed by atoms with E-state index in [1.165, 1.54) is 25.9 Å². The molecule has 1 N–H and O–H groups in total. The molecule has 21 heavy (non-hydrogen) atoms. The molecule has 1 heterocycles. The van der Waals surface area contributed by atoms with Crippen LogP contribution in [-0.4, -0.2) is 30.6 Å². The quantitative estimate of drug-likeness (QED) is 0.885. The molecule has 0 amide bonds. The van der Waals surface area contributed by atoms with Crippen molar-refractivity contribution in [3.05, 3.63) is 35.1 Å². The molecular weight excluding hydrogens is 263 g/mol. The van der Waals surface area contributed by atoms with Crippen molar-refractivity contribution in [3.63, 3.8) is 0 Å². The molecule has 0 aromatic heterocycles. The number of hydrogen-bond donors (Lipinski definition) is 1. The number of rotatable bonds is 5. The predicted octanol–water partition coefficient (Wildman–Crippen LogP) is 3.91. The Morgan fingerprint density at radius 3 is 2.52 bits per heavy atom. The minimum Gasteiger partial charge on any atom is -0.307 e.